The first-order valence-corrected chi connectivity index (χ1v) is 9.73. The molecule has 2 aliphatic heterocycles. The molecule has 3 heterocycles. The smallest absolute Gasteiger partial charge is 0.342 e. The zero-order valence-corrected chi connectivity index (χ0v) is 17.7. The predicted molar refractivity (Wildman–Crippen MR) is 107 cm³/mol. The maximum absolute atomic E-state index is 13.2. The summed E-state index contributed by atoms with van der Waals surface area (Å²) in [5.74, 6) is -0.662. The molecule has 1 aromatic carbocycles. The number of pyridine rings is 1. The second-order valence-electron chi connectivity index (χ2n) is 7.86. The highest BCUT2D eigenvalue weighted by atomic mass is 35.5. The van der Waals surface area contributed by atoms with Crippen molar-refractivity contribution in [2.45, 2.75) is 36.8 Å². The van der Waals surface area contributed by atoms with E-state index in [0.717, 1.165) is 18.3 Å². The molecule has 3 aliphatic rings. The zero-order valence-electron chi connectivity index (χ0n) is 16.1. The van der Waals surface area contributed by atoms with Crippen LogP contribution < -0.4 is 10.6 Å². The van der Waals surface area contributed by atoms with E-state index < -0.39 is 51.7 Å². The molecule has 0 radical (unpaired) electrons. The second-order valence-corrected chi connectivity index (χ2v) is 8.24. The first-order valence-electron chi connectivity index (χ1n) is 9.35. The van der Waals surface area contributed by atoms with Crippen LogP contribution >= 0.6 is 24.0 Å². The van der Waals surface area contributed by atoms with Crippen molar-refractivity contribution < 1.29 is 31.1 Å². The molecule has 4 nitrogen and oxygen atoms in total. The summed E-state index contributed by atoms with van der Waals surface area (Å²) in [6, 6.07) is 4.27. The molecule has 12 heteroatoms. The third-order valence-corrected chi connectivity index (χ3v) is 6.22. The number of hydrogen-bond donors (Lipinski definition) is 2. The van der Waals surface area contributed by atoms with E-state index in [9.17, 15) is 31.1 Å². The molecular formula is C20H17Cl2F6N3O. The lowest BCUT2D eigenvalue weighted by Crippen LogP contribution is -2.55. The minimum atomic E-state index is -4.79. The third kappa shape index (κ3) is 4.40. The molecule has 1 aliphatic carbocycles. The van der Waals surface area contributed by atoms with Crippen LogP contribution in [-0.4, -0.2) is 23.0 Å². The number of benzene rings is 1. The van der Waals surface area contributed by atoms with E-state index in [1.165, 1.54) is 12.1 Å². The average molecular weight is 500 g/mol. The molecule has 2 aromatic rings. The highest BCUT2D eigenvalue weighted by Crippen LogP contribution is 2.51. The van der Waals surface area contributed by atoms with E-state index in [1.807, 2.05) is 0 Å². The fourth-order valence-corrected chi connectivity index (χ4v) is 4.70. The summed E-state index contributed by atoms with van der Waals surface area (Å²) in [6.45, 7) is 0.647. The molecule has 0 spiro atoms. The molecule has 1 aromatic heterocycles. The number of amides is 1. The van der Waals surface area contributed by atoms with Gasteiger partial charge in [-0.3, -0.25) is 4.79 Å². The predicted octanol–water partition coefficient (Wildman–Crippen LogP) is 5.42. The molecule has 174 valence electrons. The molecule has 1 amide bonds. The Morgan fingerprint density at radius 3 is 2.41 bits per heavy atom. The van der Waals surface area contributed by atoms with Gasteiger partial charge in [0.15, 0.2) is 0 Å². The summed E-state index contributed by atoms with van der Waals surface area (Å²) in [6.07, 6.45) is -7.31. The highest BCUT2D eigenvalue weighted by molar-refractivity contribution is 6.34. The number of fused-ring (bicyclic) bond motifs is 1. The van der Waals surface area contributed by atoms with Gasteiger partial charge in [-0.05, 0) is 49.1 Å². The van der Waals surface area contributed by atoms with Gasteiger partial charge >= 0.3 is 12.4 Å². The number of nitrogens with one attached hydrogen (secondary N) is 2. The lowest BCUT2D eigenvalue weighted by Gasteiger charge is -2.44. The minimum absolute atomic E-state index is 0. The molecule has 32 heavy (non-hydrogen) atoms. The molecule has 2 bridgehead atoms. The number of carbonyl (C=O) groups excluding carboxylic acids is 1. The maximum atomic E-state index is 13.2. The van der Waals surface area contributed by atoms with Crippen molar-refractivity contribution in [1.29, 1.82) is 0 Å². The fraction of sp³-hybridized carbons (Fsp3) is 0.400. The quantitative estimate of drug-likeness (QED) is 0.552. The van der Waals surface area contributed by atoms with Gasteiger partial charge in [0.05, 0.1) is 22.2 Å². The number of nitrogens with zero attached hydrogens (tertiary/aromatic N) is 1. The van der Waals surface area contributed by atoms with E-state index >= 15 is 0 Å². The van der Waals surface area contributed by atoms with Gasteiger partial charge in [-0.15, -0.1) is 12.4 Å². The van der Waals surface area contributed by atoms with Gasteiger partial charge in [0, 0.05) is 11.7 Å². The Balaban J connectivity index is 0.00000289. The van der Waals surface area contributed by atoms with Crippen LogP contribution in [0.25, 0.3) is 0 Å². The van der Waals surface area contributed by atoms with E-state index in [0.29, 0.717) is 31.4 Å². The first kappa shape index (κ1) is 24.6. The summed E-state index contributed by atoms with van der Waals surface area (Å²) in [4.78, 5) is 16.5. The van der Waals surface area contributed by atoms with Crippen LogP contribution in [0.2, 0.25) is 5.02 Å². The Kier molecular flexibility index (Phi) is 6.45. The van der Waals surface area contributed by atoms with Crippen LogP contribution in [0.15, 0.2) is 36.5 Å². The van der Waals surface area contributed by atoms with Gasteiger partial charge < -0.3 is 10.6 Å². The fourth-order valence-electron chi connectivity index (χ4n) is 4.40. The minimum Gasteiger partial charge on any atom is -0.342 e. The third-order valence-electron chi connectivity index (χ3n) is 5.83. The molecule has 5 rings (SSSR count). The second kappa shape index (κ2) is 8.39. The number of hydrogen-bond acceptors (Lipinski definition) is 3. The number of halogens is 8. The van der Waals surface area contributed by atoms with Crippen LogP contribution in [0.3, 0.4) is 0 Å². The lowest BCUT2D eigenvalue weighted by atomic mass is 9.67. The van der Waals surface area contributed by atoms with Crippen molar-refractivity contribution in [3.8, 4) is 0 Å². The molecule has 1 saturated carbocycles. The van der Waals surface area contributed by atoms with Crippen molar-refractivity contribution in [3.05, 3.63) is 63.9 Å². The van der Waals surface area contributed by atoms with Crippen LogP contribution in [0.1, 0.15) is 46.1 Å². The standard InChI is InChI=1S/C20H16ClF6N3O.ClH/c21-14-13(20(25,26)27)4-5-28-15(14)17(31)30-16(18-7-10(8-18)9-29-18)11-2-1-3-12(6-11)19(22,23)24;/h1-6,10,16,29H,7-9H2,(H,30,31);1H. The Morgan fingerprint density at radius 1 is 1.16 bits per heavy atom. The number of carbonyl (C=O) groups is 1. The Morgan fingerprint density at radius 2 is 1.84 bits per heavy atom. The highest BCUT2D eigenvalue weighted by Gasteiger charge is 2.56. The van der Waals surface area contributed by atoms with Gasteiger partial charge in [-0.2, -0.15) is 26.3 Å². The van der Waals surface area contributed by atoms with Crippen LogP contribution in [0, 0.1) is 5.92 Å². The normalized spacial score (nSPS) is 23.2. The largest absolute Gasteiger partial charge is 0.417 e. The molecule has 3 fully saturated rings. The summed E-state index contributed by atoms with van der Waals surface area (Å²) < 4.78 is 79.0. The van der Waals surface area contributed by atoms with Crippen LogP contribution in [0.4, 0.5) is 26.3 Å². The first-order chi connectivity index (χ1) is 14.4. The van der Waals surface area contributed by atoms with E-state index in [4.69, 9.17) is 11.6 Å². The van der Waals surface area contributed by atoms with Crippen molar-refractivity contribution >= 4 is 29.9 Å². The van der Waals surface area contributed by atoms with Gasteiger partial charge in [0.2, 0.25) is 0 Å². The van der Waals surface area contributed by atoms with Crippen molar-refractivity contribution in [1.82, 2.24) is 15.6 Å². The Hall–Kier alpha value is -2.04. The van der Waals surface area contributed by atoms with Gasteiger partial charge in [-0.1, -0.05) is 23.7 Å². The van der Waals surface area contributed by atoms with Crippen molar-refractivity contribution in [2.75, 3.05) is 6.54 Å². The van der Waals surface area contributed by atoms with Gasteiger partial charge in [0.25, 0.3) is 5.91 Å². The topological polar surface area (TPSA) is 54.0 Å². The summed E-state index contributed by atoms with van der Waals surface area (Å²) in [5, 5.41) is 4.96. The summed E-state index contributed by atoms with van der Waals surface area (Å²) >= 11 is 5.80. The summed E-state index contributed by atoms with van der Waals surface area (Å²) in [7, 11) is 0. The number of rotatable bonds is 4. The number of alkyl halides is 6. The van der Waals surface area contributed by atoms with Crippen molar-refractivity contribution in [2.24, 2.45) is 5.92 Å². The SMILES string of the molecule is Cl.O=C(NC(c1cccc(C(F)(F)F)c1)C12CC(CN1)C2)c1nccc(C(F)(F)F)c1Cl. The average Bonchev–Trinajstić information content (AvgIpc) is 3.26. The van der Waals surface area contributed by atoms with Crippen molar-refractivity contribution in [3.63, 3.8) is 0 Å². The monoisotopic (exact) mass is 499 g/mol. The maximum Gasteiger partial charge on any atom is 0.417 e. The van der Waals surface area contributed by atoms with Crippen LogP contribution in [-0.2, 0) is 12.4 Å². The molecular weight excluding hydrogens is 483 g/mol. The molecule has 1 atom stereocenters. The van der Waals surface area contributed by atoms with E-state index in [2.05, 4.69) is 15.6 Å². The van der Waals surface area contributed by atoms with E-state index in [1.54, 1.807) is 0 Å². The lowest BCUT2D eigenvalue weighted by molar-refractivity contribution is -0.138. The Bertz CT molecular complexity index is 1020. The van der Waals surface area contributed by atoms with Crippen LogP contribution in [0.5, 0.6) is 0 Å². The zero-order chi connectivity index (χ0) is 22.6. The molecule has 2 saturated heterocycles. The molecule has 2 N–H and O–H groups in total. The number of aromatic nitrogens is 1. The van der Waals surface area contributed by atoms with E-state index in [-0.39, 0.29) is 18.0 Å². The van der Waals surface area contributed by atoms with Gasteiger partial charge in [0.1, 0.15) is 5.69 Å². The Labute approximate surface area is 190 Å². The molecule has 1 unspecified atom stereocenters. The van der Waals surface area contributed by atoms with Gasteiger partial charge in [-0.25, -0.2) is 4.98 Å². The summed E-state index contributed by atoms with van der Waals surface area (Å²) in [5.41, 5.74) is -3.23.